The van der Waals surface area contributed by atoms with Gasteiger partial charge in [0, 0.05) is 0 Å². The van der Waals surface area contributed by atoms with E-state index in [4.69, 9.17) is 28.4 Å². The first kappa shape index (κ1) is 22.2. The summed E-state index contributed by atoms with van der Waals surface area (Å²) in [5.74, 6) is 1.51. The molecule has 2 rings (SSSR count). The summed E-state index contributed by atoms with van der Waals surface area (Å²) in [4.78, 5) is 11.7. The largest absolute Gasteiger partial charge is 0.493 e. The van der Waals surface area contributed by atoms with Crippen LogP contribution < -0.4 is 23.7 Å². The average Bonchev–Trinajstić information content (AvgIpc) is 2.76. The Morgan fingerprint density at radius 3 is 1.90 bits per heavy atom. The van der Waals surface area contributed by atoms with E-state index >= 15 is 0 Å². The fraction of sp³-hybridized carbons (Fsp3) is 0.381. The SMILES string of the molecule is COC(=O)c1ccc(OC(C)C(O)c2cc(OC)c(OC)c(OC)c2)c(OC)c1. The molecule has 0 aliphatic rings. The molecule has 0 aromatic heterocycles. The summed E-state index contributed by atoms with van der Waals surface area (Å²) in [5.41, 5.74) is 0.853. The van der Waals surface area contributed by atoms with Crippen molar-refractivity contribution in [3.05, 3.63) is 41.5 Å². The van der Waals surface area contributed by atoms with Crippen LogP contribution in [0.4, 0.5) is 0 Å². The van der Waals surface area contributed by atoms with Crippen molar-refractivity contribution in [2.24, 2.45) is 0 Å². The van der Waals surface area contributed by atoms with Gasteiger partial charge in [0.2, 0.25) is 5.75 Å². The first-order chi connectivity index (χ1) is 13.9. The normalized spacial score (nSPS) is 12.5. The zero-order valence-electron chi connectivity index (χ0n) is 17.3. The molecule has 0 heterocycles. The first-order valence-corrected chi connectivity index (χ1v) is 8.81. The summed E-state index contributed by atoms with van der Waals surface area (Å²) in [7, 11) is 7.27. The number of esters is 1. The quantitative estimate of drug-likeness (QED) is 0.636. The van der Waals surface area contributed by atoms with Crippen LogP contribution in [0, 0.1) is 0 Å². The fourth-order valence-electron chi connectivity index (χ4n) is 2.82. The zero-order chi connectivity index (χ0) is 21.6. The third-order valence-electron chi connectivity index (χ3n) is 4.37. The standard InChI is InChI=1S/C21H26O8/c1-12(29-15-8-7-13(21(23)28-6)9-16(15)24-2)19(22)14-10-17(25-3)20(27-5)18(11-14)26-4/h7-12,19,22H,1-6H3. The van der Waals surface area contributed by atoms with Gasteiger partial charge < -0.3 is 33.5 Å². The van der Waals surface area contributed by atoms with Crippen LogP contribution in [0.2, 0.25) is 0 Å². The Morgan fingerprint density at radius 1 is 0.828 bits per heavy atom. The predicted molar refractivity (Wildman–Crippen MR) is 105 cm³/mol. The minimum absolute atomic E-state index is 0.328. The van der Waals surface area contributed by atoms with E-state index in [1.54, 1.807) is 31.2 Å². The lowest BCUT2D eigenvalue weighted by molar-refractivity contribution is 0.0447. The van der Waals surface area contributed by atoms with Crippen molar-refractivity contribution < 1.29 is 38.3 Å². The number of carbonyl (C=O) groups is 1. The molecule has 158 valence electrons. The second kappa shape index (κ2) is 9.88. The Bertz CT molecular complexity index is 824. The van der Waals surface area contributed by atoms with Crippen LogP contribution in [-0.2, 0) is 4.74 Å². The molecule has 29 heavy (non-hydrogen) atoms. The van der Waals surface area contributed by atoms with Gasteiger partial charge in [0.25, 0.3) is 0 Å². The second-order valence-corrected chi connectivity index (χ2v) is 6.08. The van der Waals surface area contributed by atoms with Gasteiger partial charge in [-0.15, -0.1) is 0 Å². The predicted octanol–water partition coefficient (Wildman–Crippen LogP) is 3.01. The highest BCUT2D eigenvalue weighted by molar-refractivity contribution is 5.90. The van der Waals surface area contributed by atoms with Crippen molar-refractivity contribution in [1.29, 1.82) is 0 Å². The molecule has 2 unspecified atom stereocenters. The number of hydrogen-bond donors (Lipinski definition) is 1. The topological polar surface area (TPSA) is 92.7 Å². The highest BCUT2D eigenvalue weighted by Gasteiger charge is 2.24. The van der Waals surface area contributed by atoms with Gasteiger partial charge in [-0.05, 0) is 42.8 Å². The van der Waals surface area contributed by atoms with Gasteiger partial charge in [0.05, 0.1) is 41.1 Å². The molecule has 0 bridgehead atoms. The minimum atomic E-state index is -1.01. The molecular weight excluding hydrogens is 380 g/mol. The summed E-state index contributed by atoms with van der Waals surface area (Å²) in [6.07, 6.45) is -1.66. The summed E-state index contributed by atoms with van der Waals surface area (Å²) < 4.78 is 31.9. The highest BCUT2D eigenvalue weighted by Crippen LogP contribution is 2.40. The molecule has 2 atom stereocenters. The van der Waals surface area contributed by atoms with E-state index in [9.17, 15) is 9.90 Å². The van der Waals surface area contributed by atoms with E-state index in [0.29, 0.717) is 39.9 Å². The number of methoxy groups -OCH3 is 5. The Morgan fingerprint density at radius 2 is 1.41 bits per heavy atom. The Hall–Kier alpha value is -3.13. The maximum atomic E-state index is 11.7. The molecule has 2 aromatic carbocycles. The molecule has 0 spiro atoms. The number of ether oxygens (including phenoxy) is 6. The molecule has 0 saturated carbocycles. The number of hydrogen-bond acceptors (Lipinski definition) is 8. The van der Waals surface area contributed by atoms with E-state index in [1.165, 1.54) is 41.6 Å². The third kappa shape index (κ3) is 4.83. The Kier molecular flexibility index (Phi) is 7.55. The van der Waals surface area contributed by atoms with Crippen molar-refractivity contribution in [2.45, 2.75) is 19.1 Å². The molecule has 0 aliphatic carbocycles. The smallest absolute Gasteiger partial charge is 0.337 e. The van der Waals surface area contributed by atoms with Crippen LogP contribution in [0.1, 0.15) is 28.9 Å². The summed E-state index contributed by atoms with van der Waals surface area (Å²) >= 11 is 0. The number of benzene rings is 2. The van der Waals surface area contributed by atoms with Crippen LogP contribution in [0.3, 0.4) is 0 Å². The summed E-state index contributed by atoms with van der Waals surface area (Å²) in [6, 6.07) is 7.97. The van der Waals surface area contributed by atoms with Crippen molar-refractivity contribution in [1.82, 2.24) is 0 Å². The van der Waals surface area contributed by atoms with Gasteiger partial charge in [0.15, 0.2) is 23.0 Å². The van der Waals surface area contributed by atoms with Gasteiger partial charge in [-0.25, -0.2) is 4.79 Å². The fourth-order valence-corrected chi connectivity index (χ4v) is 2.82. The van der Waals surface area contributed by atoms with Crippen LogP contribution in [-0.4, -0.2) is 52.7 Å². The van der Waals surface area contributed by atoms with E-state index < -0.39 is 18.2 Å². The molecule has 0 fully saturated rings. The van der Waals surface area contributed by atoms with Crippen LogP contribution in [0.5, 0.6) is 28.7 Å². The van der Waals surface area contributed by atoms with E-state index in [1.807, 2.05) is 0 Å². The number of carbonyl (C=O) groups excluding carboxylic acids is 1. The van der Waals surface area contributed by atoms with E-state index in [2.05, 4.69) is 0 Å². The number of aliphatic hydroxyl groups is 1. The van der Waals surface area contributed by atoms with Crippen molar-refractivity contribution in [3.8, 4) is 28.7 Å². The van der Waals surface area contributed by atoms with Crippen molar-refractivity contribution in [3.63, 3.8) is 0 Å². The van der Waals surface area contributed by atoms with Crippen LogP contribution in [0.15, 0.2) is 30.3 Å². The van der Waals surface area contributed by atoms with Gasteiger partial charge in [-0.1, -0.05) is 0 Å². The molecule has 1 N–H and O–H groups in total. The van der Waals surface area contributed by atoms with Gasteiger partial charge in [-0.2, -0.15) is 0 Å². The zero-order valence-corrected chi connectivity index (χ0v) is 17.3. The van der Waals surface area contributed by atoms with E-state index in [0.717, 1.165) is 0 Å². The second-order valence-electron chi connectivity index (χ2n) is 6.08. The monoisotopic (exact) mass is 406 g/mol. The van der Waals surface area contributed by atoms with Crippen molar-refractivity contribution in [2.75, 3.05) is 35.5 Å². The average molecular weight is 406 g/mol. The molecular formula is C21H26O8. The first-order valence-electron chi connectivity index (χ1n) is 8.81. The molecule has 8 heteroatoms. The number of rotatable bonds is 9. The van der Waals surface area contributed by atoms with Gasteiger partial charge in [0.1, 0.15) is 12.2 Å². The van der Waals surface area contributed by atoms with Crippen molar-refractivity contribution >= 4 is 5.97 Å². The summed E-state index contributed by atoms with van der Waals surface area (Å²) in [6.45, 7) is 1.71. The van der Waals surface area contributed by atoms with Gasteiger partial charge >= 0.3 is 5.97 Å². The third-order valence-corrected chi connectivity index (χ3v) is 4.37. The lowest BCUT2D eigenvalue weighted by atomic mass is 10.0. The maximum absolute atomic E-state index is 11.7. The molecule has 2 aromatic rings. The van der Waals surface area contributed by atoms with Crippen LogP contribution >= 0.6 is 0 Å². The summed E-state index contributed by atoms with van der Waals surface area (Å²) in [5, 5.41) is 10.8. The number of aliphatic hydroxyl groups excluding tert-OH is 1. The lowest BCUT2D eigenvalue weighted by Gasteiger charge is -2.23. The molecule has 0 radical (unpaired) electrons. The highest BCUT2D eigenvalue weighted by atomic mass is 16.5. The molecule has 0 saturated heterocycles. The van der Waals surface area contributed by atoms with Gasteiger partial charge in [-0.3, -0.25) is 0 Å². The molecule has 0 amide bonds. The molecule has 0 aliphatic heterocycles. The maximum Gasteiger partial charge on any atom is 0.337 e. The Labute approximate surface area is 169 Å². The van der Waals surface area contributed by atoms with E-state index in [-0.39, 0.29) is 0 Å². The molecule has 8 nitrogen and oxygen atoms in total. The van der Waals surface area contributed by atoms with Crippen LogP contribution in [0.25, 0.3) is 0 Å². The minimum Gasteiger partial charge on any atom is -0.493 e. The lowest BCUT2D eigenvalue weighted by Crippen LogP contribution is -2.22. The Balaban J connectivity index is 2.29.